The van der Waals surface area contributed by atoms with E-state index in [4.69, 9.17) is 15.2 Å². The predicted molar refractivity (Wildman–Crippen MR) is 127 cm³/mol. The van der Waals surface area contributed by atoms with E-state index in [-0.39, 0.29) is 23.3 Å². The van der Waals surface area contributed by atoms with Crippen LogP contribution in [-0.4, -0.2) is 53.2 Å². The molecule has 1 aromatic heterocycles. The first-order valence-corrected chi connectivity index (χ1v) is 10.1. The molecule has 14 heteroatoms. The van der Waals surface area contributed by atoms with Gasteiger partial charge in [0.15, 0.2) is 0 Å². The number of carbonyl (C=O) groups is 1. The third kappa shape index (κ3) is 6.21. The highest BCUT2D eigenvalue weighted by Crippen LogP contribution is 2.25. The second-order valence-electron chi connectivity index (χ2n) is 7.30. The number of benzene rings is 3. The quantitative estimate of drug-likeness (QED) is 0.173. The smallest absolute Gasteiger partial charge is 0.478 e. The van der Waals surface area contributed by atoms with Crippen molar-refractivity contribution in [2.45, 2.75) is 6.61 Å². The number of nitrogens with zero attached hydrogens (tertiary/aromatic N) is 4. The van der Waals surface area contributed by atoms with E-state index in [1.807, 2.05) is 24.3 Å². The fourth-order valence-corrected chi connectivity index (χ4v) is 3.13. The van der Waals surface area contributed by atoms with E-state index in [0.717, 1.165) is 23.7 Å². The zero-order valence-electron chi connectivity index (χ0n) is 18.3. The van der Waals surface area contributed by atoms with E-state index in [0.29, 0.717) is 22.3 Å². The van der Waals surface area contributed by atoms with Crippen molar-refractivity contribution in [3.8, 4) is 11.3 Å². The molecular weight excluding hydrogens is 475 g/mol. The average molecular weight is 492 g/mol. The van der Waals surface area contributed by atoms with Gasteiger partial charge in [-0.1, -0.05) is 12.1 Å². The van der Waals surface area contributed by atoms with E-state index in [1.165, 1.54) is 12.1 Å². The van der Waals surface area contributed by atoms with Gasteiger partial charge in [-0.15, -0.1) is 0 Å². The molecule has 0 aliphatic carbocycles. The number of hydrogen-bond acceptors (Lipinski definition) is 10. The van der Waals surface area contributed by atoms with Crippen molar-refractivity contribution in [2.24, 2.45) is 0 Å². The van der Waals surface area contributed by atoms with Crippen LogP contribution in [0.5, 0.6) is 0 Å². The lowest BCUT2D eigenvalue weighted by Gasteiger charge is -2.05. The van der Waals surface area contributed by atoms with Gasteiger partial charge in [-0.05, 0) is 35.3 Å². The largest absolute Gasteiger partial charge is 0.488 e. The highest BCUT2D eigenvalue weighted by Gasteiger charge is 2.19. The fourth-order valence-electron chi connectivity index (χ4n) is 3.13. The first kappa shape index (κ1) is 25.8. The van der Waals surface area contributed by atoms with Crippen LogP contribution in [0, 0.1) is 20.2 Å². The molecule has 0 unspecified atom stereocenters. The van der Waals surface area contributed by atoms with Gasteiger partial charge in [0.2, 0.25) is 0 Å². The molecule has 0 radical (unpaired) electrons. The van der Waals surface area contributed by atoms with Gasteiger partial charge in [-0.3, -0.25) is 25.2 Å². The molecule has 0 bridgehead atoms. The molecule has 0 atom stereocenters. The second kappa shape index (κ2) is 11.1. The summed E-state index contributed by atoms with van der Waals surface area (Å²) >= 11 is 0. The Hall–Kier alpha value is -4.79. The van der Waals surface area contributed by atoms with E-state index in [1.54, 1.807) is 12.3 Å². The van der Waals surface area contributed by atoms with Gasteiger partial charge < -0.3 is 20.3 Å². The number of para-hydroxylation sites is 2. The van der Waals surface area contributed by atoms with Crippen molar-refractivity contribution in [1.29, 1.82) is 0 Å². The molecular formula is C22H17BN4O9. The van der Waals surface area contributed by atoms with Crippen LogP contribution in [0.15, 0.2) is 66.9 Å². The van der Waals surface area contributed by atoms with Gasteiger partial charge in [0, 0.05) is 29.8 Å². The Bertz CT molecular complexity index is 1430. The summed E-state index contributed by atoms with van der Waals surface area (Å²) in [5.74, 6) is -1.37. The molecule has 13 nitrogen and oxygen atoms in total. The van der Waals surface area contributed by atoms with Crippen molar-refractivity contribution in [1.82, 2.24) is 9.97 Å². The Morgan fingerprint density at radius 1 is 0.917 bits per heavy atom. The lowest BCUT2D eigenvalue weighted by Crippen LogP contribution is -2.30. The Morgan fingerprint density at radius 3 is 2.14 bits per heavy atom. The number of aromatic carboxylic acids is 1. The summed E-state index contributed by atoms with van der Waals surface area (Å²) < 4.78 is 0. The summed E-state index contributed by atoms with van der Waals surface area (Å²) in [5, 5.41) is 56.7. The van der Waals surface area contributed by atoms with E-state index < -0.39 is 28.6 Å². The molecule has 0 saturated heterocycles. The number of nitro groups is 2. The number of aliphatic hydroxyl groups excluding tert-OH is 1. The van der Waals surface area contributed by atoms with Crippen LogP contribution in [0.1, 0.15) is 15.9 Å². The van der Waals surface area contributed by atoms with Crippen LogP contribution in [0.25, 0.3) is 22.3 Å². The summed E-state index contributed by atoms with van der Waals surface area (Å²) in [6.45, 7) is -0.268. The Kier molecular flexibility index (Phi) is 7.96. The molecule has 0 aliphatic rings. The number of aromatic nitrogens is 2. The second-order valence-corrected chi connectivity index (χ2v) is 7.30. The number of nitro benzene ring substituents is 2. The minimum absolute atomic E-state index is 0.0773. The van der Waals surface area contributed by atoms with Crippen LogP contribution in [-0.2, 0) is 6.61 Å². The van der Waals surface area contributed by atoms with Crippen molar-refractivity contribution < 1.29 is 34.9 Å². The standard InChI is InChI=1S/C15H11N3O3.C7H6BNO6/c19-9-10-5-11(7-12(6-10)18(20)21)15-8-16-13-3-1-2-4-14(13)17-15;10-7(11)4-1-5(8(12)13)3-6(2-4)9(14)15/h1-8,19H,9H2;1-3,12-13H,(H,10,11). The predicted octanol–water partition coefficient (Wildman–Crippen LogP) is 1.67. The molecule has 1 heterocycles. The van der Waals surface area contributed by atoms with Crippen molar-refractivity contribution in [3.63, 3.8) is 0 Å². The van der Waals surface area contributed by atoms with Crippen LogP contribution >= 0.6 is 0 Å². The number of carboxylic acid groups (broad SMARTS) is 1. The van der Waals surface area contributed by atoms with E-state index in [2.05, 4.69) is 9.97 Å². The number of hydrogen-bond donors (Lipinski definition) is 4. The number of non-ortho nitro benzene ring substituents is 2. The number of carboxylic acids is 1. The summed E-state index contributed by atoms with van der Waals surface area (Å²) in [7, 11) is -1.94. The lowest BCUT2D eigenvalue weighted by atomic mass is 9.79. The normalized spacial score (nSPS) is 10.3. The van der Waals surface area contributed by atoms with Crippen LogP contribution < -0.4 is 5.46 Å². The number of fused-ring (bicyclic) bond motifs is 1. The maximum atomic E-state index is 11.0. The highest BCUT2D eigenvalue weighted by atomic mass is 16.6. The maximum absolute atomic E-state index is 11.0. The molecule has 4 rings (SSSR count). The Morgan fingerprint density at radius 2 is 1.56 bits per heavy atom. The van der Waals surface area contributed by atoms with Crippen LogP contribution in [0.3, 0.4) is 0 Å². The summed E-state index contributed by atoms with van der Waals surface area (Å²) in [6, 6.07) is 14.5. The minimum atomic E-state index is -1.94. The fraction of sp³-hybridized carbons (Fsp3) is 0.0455. The van der Waals surface area contributed by atoms with Crippen molar-refractivity contribution in [2.75, 3.05) is 0 Å². The molecule has 0 amide bonds. The zero-order chi connectivity index (χ0) is 26.4. The maximum Gasteiger partial charge on any atom is 0.488 e. The lowest BCUT2D eigenvalue weighted by molar-refractivity contribution is -0.385. The van der Waals surface area contributed by atoms with Crippen molar-refractivity contribution >= 4 is 41.0 Å². The summed E-state index contributed by atoms with van der Waals surface area (Å²) in [5.41, 5.74) is 1.85. The van der Waals surface area contributed by atoms with E-state index >= 15 is 0 Å². The van der Waals surface area contributed by atoms with Gasteiger partial charge in [-0.25, -0.2) is 9.78 Å². The summed E-state index contributed by atoms with van der Waals surface area (Å²) in [4.78, 5) is 39.4. The van der Waals surface area contributed by atoms with Gasteiger partial charge in [-0.2, -0.15) is 0 Å². The molecule has 0 saturated carbocycles. The summed E-state index contributed by atoms with van der Waals surface area (Å²) in [6.07, 6.45) is 1.57. The van der Waals surface area contributed by atoms with E-state index in [9.17, 15) is 30.1 Å². The minimum Gasteiger partial charge on any atom is -0.478 e. The topological polar surface area (TPSA) is 210 Å². The molecule has 0 aliphatic heterocycles. The third-order valence-corrected chi connectivity index (χ3v) is 4.81. The zero-order valence-corrected chi connectivity index (χ0v) is 18.3. The molecule has 182 valence electrons. The number of aliphatic hydroxyl groups is 1. The first-order chi connectivity index (χ1) is 17.1. The van der Waals surface area contributed by atoms with Gasteiger partial charge in [0.1, 0.15) is 0 Å². The first-order valence-electron chi connectivity index (χ1n) is 10.1. The van der Waals surface area contributed by atoms with Gasteiger partial charge in [0.05, 0.1) is 44.9 Å². The number of rotatable bonds is 6. The van der Waals surface area contributed by atoms with Crippen molar-refractivity contribution in [3.05, 3.63) is 98.2 Å². The molecule has 4 aromatic rings. The third-order valence-electron chi connectivity index (χ3n) is 4.81. The molecule has 3 aromatic carbocycles. The SMILES string of the molecule is O=C(O)c1cc(B(O)O)cc([N+](=O)[O-])c1.O=[N+]([O-])c1cc(CO)cc(-c2cnc3ccccc3n2)c1. The molecule has 0 fully saturated rings. The van der Waals surface area contributed by atoms with Gasteiger partial charge in [0.25, 0.3) is 11.4 Å². The Balaban J connectivity index is 0.000000214. The molecule has 0 spiro atoms. The van der Waals surface area contributed by atoms with Gasteiger partial charge >= 0.3 is 13.1 Å². The highest BCUT2D eigenvalue weighted by molar-refractivity contribution is 6.58. The molecule has 4 N–H and O–H groups in total. The molecule has 36 heavy (non-hydrogen) atoms. The van der Waals surface area contributed by atoms with Crippen LogP contribution in [0.4, 0.5) is 11.4 Å². The Labute approximate surface area is 202 Å². The monoisotopic (exact) mass is 492 g/mol. The average Bonchev–Trinajstić information content (AvgIpc) is 2.88. The van der Waals surface area contributed by atoms with Crippen LogP contribution in [0.2, 0.25) is 0 Å².